The smallest absolute Gasteiger partial charge is 0.303 e. The van der Waals surface area contributed by atoms with Crippen LogP contribution in [-0.2, 0) is 14.4 Å². The van der Waals surface area contributed by atoms with Gasteiger partial charge in [-0.1, -0.05) is 54.0 Å². The van der Waals surface area contributed by atoms with Gasteiger partial charge in [0.25, 0.3) is 11.8 Å². The van der Waals surface area contributed by atoms with Crippen LogP contribution in [0.1, 0.15) is 94.8 Å². The second-order valence-corrected chi connectivity index (χ2v) is 18.0. The molecule has 0 saturated carbocycles. The third-order valence-electron chi connectivity index (χ3n) is 10.6. The average molecular weight is 1040 g/mol. The Balaban J connectivity index is 0.000000297. The van der Waals surface area contributed by atoms with Gasteiger partial charge in [0.15, 0.2) is 23.5 Å². The van der Waals surface area contributed by atoms with Crippen LogP contribution in [0.25, 0.3) is 0 Å². The number of guanidine groups is 2. The maximum Gasteiger partial charge on any atom is 0.303 e. The molecule has 0 fully saturated rings. The Kier molecular flexibility index (Phi) is 21.0. The van der Waals surface area contributed by atoms with Gasteiger partial charge in [-0.2, -0.15) is 0 Å². The second-order valence-electron chi connectivity index (χ2n) is 16.6. The number of nitrogens with one attached hydrogen (secondary N) is 6. The quantitative estimate of drug-likeness (QED) is 0.0601. The molecule has 370 valence electrons. The summed E-state index contributed by atoms with van der Waals surface area (Å²) in [5, 5.41) is 65.9. The fourth-order valence-electron chi connectivity index (χ4n) is 7.41. The summed E-state index contributed by atoms with van der Waals surface area (Å²) in [6.45, 7) is 6.63. The third kappa shape index (κ3) is 18.1. The number of rotatable bonds is 17. The number of benzene rings is 4. The highest BCUT2D eigenvalue weighted by Crippen LogP contribution is 2.29. The number of aromatic hydroxyl groups is 2. The van der Waals surface area contributed by atoms with E-state index in [1.807, 2.05) is 51.1 Å². The van der Waals surface area contributed by atoms with E-state index >= 15 is 0 Å². The highest BCUT2D eigenvalue weighted by molar-refractivity contribution is 9.10. The first-order chi connectivity index (χ1) is 32.3. The Hall–Kier alpha value is -6.54. The molecule has 18 nitrogen and oxygen atoms in total. The van der Waals surface area contributed by atoms with Crippen molar-refractivity contribution in [3.8, 4) is 11.5 Å². The maximum absolute atomic E-state index is 12.6. The molecule has 4 atom stereocenters. The van der Waals surface area contributed by atoms with Crippen LogP contribution >= 0.6 is 27.5 Å². The van der Waals surface area contributed by atoms with Crippen molar-refractivity contribution in [1.82, 2.24) is 21.3 Å². The van der Waals surface area contributed by atoms with E-state index in [1.54, 1.807) is 12.1 Å². The molecule has 11 N–H and O–H groups in total. The standard InChI is InChI=1S/C24H27BrN4O6.C24H29ClN4O4.CH4/c1-13-2-14(4-17(25)3-13)15(8-22(33)34)6-20(31)10-26-23(35)16-5-18(9-19(30)7-16)29-24-27-11-21(32)12-28-24;1-3-15(16-4-14(2)5-18(25)6-16)8-21(31)11-26-23(33)17-7-19(10-20(30)9-17)29-24-27-12-22(32)13-28-24;/h2-5,7,9,15,21,30,32H,6,8,10-12H2,1H3,(H,26,35)(H,33,34)(H2,27,28,29);4-7,9-10,15,22,30,32H,3,8,11-13H2,1-2H3,(H,26,33)(H2,27,28,29);1H4/t2*15-;/m01./s1. The Bertz CT molecular complexity index is 2520. The molecule has 6 rings (SSSR count). The molecule has 2 heterocycles. The zero-order valence-corrected chi connectivity index (χ0v) is 40.1. The minimum absolute atomic E-state index is 0. The normalized spacial score (nSPS) is 15.9. The molecule has 20 heteroatoms. The van der Waals surface area contributed by atoms with Crippen molar-refractivity contribution in [2.75, 3.05) is 49.9 Å². The zero-order valence-electron chi connectivity index (χ0n) is 37.7. The number of aliphatic carboxylic acids is 1. The molecule has 0 aliphatic carbocycles. The predicted molar refractivity (Wildman–Crippen MR) is 270 cm³/mol. The Labute approximate surface area is 414 Å². The van der Waals surface area contributed by atoms with Gasteiger partial charge in [0.1, 0.15) is 11.5 Å². The van der Waals surface area contributed by atoms with Crippen LogP contribution in [0.4, 0.5) is 11.4 Å². The molecule has 0 radical (unpaired) electrons. The summed E-state index contributed by atoms with van der Waals surface area (Å²) in [6, 6.07) is 19.8. The van der Waals surface area contributed by atoms with E-state index in [1.165, 1.54) is 30.3 Å². The summed E-state index contributed by atoms with van der Waals surface area (Å²) in [5.41, 5.74) is 4.90. The van der Waals surface area contributed by atoms with E-state index in [9.17, 15) is 49.5 Å². The van der Waals surface area contributed by atoms with Crippen LogP contribution in [0.15, 0.2) is 87.3 Å². The molecule has 2 aliphatic heterocycles. The van der Waals surface area contributed by atoms with Crippen LogP contribution in [0.3, 0.4) is 0 Å². The van der Waals surface area contributed by atoms with Crippen molar-refractivity contribution in [2.24, 2.45) is 9.98 Å². The van der Waals surface area contributed by atoms with Crippen molar-refractivity contribution < 1.29 is 49.5 Å². The predicted octanol–water partition coefficient (Wildman–Crippen LogP) is 5.75. The summed E-state index contributed by atoms with van der Waals surface area (Å²) >= 11 is 9.56. The van der Waals surface area contributed by atoms with Gasteiger partial charge < -0.3 is 57.4 Å². The number of phenolic OH excluding ortho intramolecular Hbond substituents is 2. The number of halogens is 2. The lowest BCUT2D eigenvalue weighted by Crippen LogP contribution is -2.42. The molecule has 0 bridgehead atoms. The SMILES string of the molecule is C.CC[C@H](CC(=O)CNC(=O)c1cc(O)cc(NC2=NCC(O)CN2)c1)c1cc(C)cc(Cl)c1.Cc1cc(Br)cc([C@H](CC(=O)O)CC(=O)CNC(=O)c2cc(O)cc(NC3=NCC(O)CN3)c2)c1. The highest BCUT2D eigenvalue weighted by atomic mass is 79.9. The van der Waals surface area contributed by atoms with Crippen LogP contribution in [0.5, 0.6) is 11.5 Å². The van der Waals surface area contributed by atoms with E-state index in [2.05, 4.69) is 57.8 Å². The summed E-state index contributed by atoms with van der Waals surface area (Å²) in [7, 11) is 0. The first kappa shape index (κ1) is 55.1. The third-order valence-corrected chi connectivity index (χ3v) is 11.3. The maximum atomic E-state index is 12.6. The lowest BCUT2D eigenvalue weighted by atomic mass is 9.90. The first-order valence-corrected chi connectivity index (χ1v) is 23.0. The molecular formula is C49H60BrClN8O10. The minimum atomic E-state index is -1.02. The second kappa shape index (κ2) is 26.3. The molecule has 4 aromatic carbocycles. The average Bonchev–Trinajstić information content (AvgIpc) is 3.27. The van der Waals surface area contributed by atoms with Crippen molar-refractivity contribution in [2.45, 2.75) is 77.9 Å². The van der Waals surface area contributed by atoms with E-state index < -0.39 is 35.9 Å². The molecule has 2 aliphatic rings. The number of hydrogen-bond donors (Lipinski definition) is 11. The number of ketones is 2. The zero-order chi connectivity index (χ0) is 49.5. The number of nitrogens with zero attached hydrogens (tertiary/aromatic N) is 2. The lowest BCUT2D eigenvalue weighted by molar-refractivity contribution is -0.137. The number of Topliss-reactive ketones (excluding diaryl/α,β-unsaturated/α-hetero) is 2. The lowest BCUT2D eigenvalue weighted by Gasteiger charge is -2.20. The summed E-state index contributed by atoms with van der Waals surface area (Å²) in [4.78, 5) is 70.0. The summed E-state index contributed by atoms with van der Waals surface area (Å²) in [6.07, 6.45) is -0.324. The van der Waals surface area contributed by atoms with Gasteiger partial charge in [0.05, 0.1) is 44.8 Å². The fraction of sp³-hybridized carbons (Fsp3) is 0.367. The van der Waals surface area contributed by atoms with Crippen LogP contribution in [-0.4, -0.2) is 118 Å². The number of β-amino-alcohol motifs (C(OH)–C–C–N with tert-alkyl or cyclic N) is 2. The number of amides is 2. The van der Waals surface area contributed by atoms with Crippen molar-refractivity contribution in [3.05, 3.63) is 116 Å². The van der Waals surface area contributed by atoms with Gasteiger partial charge in [0, 0.05) is 76.0 Å². The number of aliphatic hydroxyl groups is 2. The Morgan fingerprint density at radius 3 is 1.57 bits per heavy atom. The fourth-order valence-corrected chi connectivity index (χ4v) is 8.33. The molecule has 0 aromatic heterocycles. The molecule has 0 spiro atoms. The van der Waals surface area contributed by atoms with E-state index in [0.29, 0.717) is 47.8 Å². The number of aryl methyl sites for hydroxylation is 2. The summed E-state index contributed by atoms with van der Waals surface area (Å²) in [5.74, 6) is -2.41. The van der Waals surface area contributed by atoms with E-state index in [0.717, 1.165) is 33.1 Å². The molecule has 4 aromatic rings. The molecular weight excluding hydrogens is 976 g/mol. The number of aliphatic imine (C=N–C) groups is 2. The minimum Gasteiger partial charge on any atom is -0.508 e. The van der Waals surface area contributed by atoms with Crippen molar-refractivity contribution in [1.29, 1.82) is 0 Å². The van der Waals surface area contributed by atoms with Gasteiger partial charge in [-0.05, 0) is 97.0 Å². The largest absolute Gasteiger partial charge is 0.508 e. The number of carboxylic acid groups (broad SMARTS) is 1. The number of anilines is 2. The number of hydrogen-bond acceptors (Lipinski definition) is 15. The van der Waals surface area contributed by atoms with Crippen LogP contribution < -0.4 is 31.9 Å². The number of carbonyl (C=O) groups is 5. The van der Waals surface area contributed by atoms with Crippen LogP contribution in [0.2, 0.25) is 5.02 Å². The van der Waals surface area contributed by atoms with Crippen molar-refractivity contribution in [3.63, 3.8) is 0 Å². The number of carboxylic acids is 1. The number of phenols is 2. The molecule has 2 unspecified atom stereocenters. The molecule has 2 amide bonds. The topological polar surface area (TPSA) is 283 Å². The van der Waals surface area contributed by atoms with Crippen molar-refractivity contribution >= 4 is 80.2 Å². The molecule has 69 heavy (non-hydrogen) atoms. The number of carbonyl (C=O) groups excluding carboxylic acids is 4. The summed E-state index contributed by atoms with van der Waals surface area (Å²) < 4.78 is 0.794. The van der Waals surface area contributed by atoms with E-state index in [4.69, 9.17) is 11.6 Å². The van der Waals surface area contributed by atoms with Gasteiger partial charge in [0.2, 0.25) is 0 Å². The van der Waals surface area contributed by atoms with E-state index in [-0.39, 0.29) is 86.6 Å². The van der Waals surface area contributed by atoms with Gasteiger partial charge in [-0.3, -0.25) is 34.0 Å². The Morgan fingerprint density at radius 2 is 1.14 bits per heavy atom. The van der Waals surface area contributed by atoms with Gasteiger partial charge in [-0.15, -0.1) is 0 Å². The monoisotopic (exact) mass is 1030 g/mol. The Morgan fingerprint density at radius 1 is 0.681 bits per heavy atom. The molecule has 0 saturated heterocycles. The van der Waals surface area contributed by atoms with Gasteiger partial charge >= 0.3 is 5.97 Å². The number of aliphatic hydroxyl groups excluding tert-OH is 2. The highest BCUT2D eigenvalue weighted by Gasteiger charge is 2.22. The van der Waals surface area contributed by atoms with Crippen LogP contribution in [0, 0.1) is 13.8 Å². The van der Waals surface area contributed by atoms with Gasteiger partial charge in [-0.25, -0.2) is 0 Å². The first-order valence-electron chi connectivity index (χ1n) is 21.8.